The molecule has 1 N–H and O–H groups in total. The van der Waals surface area contributed by atoms with Crippen LogP contribution >= 0.6 is 11.8 Å². The number of carbonyl (C=O) groups is 1. The van der Waals surface area contributed by atoms with Crippen LogP contribution in [0.2, 0.25) is 0 Å². The molecule has 1 unspecified atom stereocenters. The van der Waals surface area contributed by atoms with E-state index in [-0.39, 0.29) is 11.2 Å². The van der Waals surface area contributed by atoms with E-state index in [1.54, 1.807) is 11.8 Å². The highest BCUT2D eigenvalue weighted by Gasteiger charge is 2.13. The molecule has 0 aliphatic rings. The lowest BCUT2D eigenvalue weighted by atomic mass is 10.3. The summed E-state index contributed by atoms with van der Waals surface area (Å²) in [6.45, 7) is 3.80. The summed E-state index contributed by atoms with van der Waals surface area (Å²) in [7, 11) is 4.13. The first-order valence-corrected chi connectivity index (χ1v) is 7.61. The monoisotopic (exact) mass is 280 g/mol. The van der Waals surface area contributed by atoms with E-state index in [0.717, 1.165) is 30.8 Å². The van der Waals surface area contributed by atoms with Gasteiger partial charge in [0.05, 0.1) is 5.25 Å². The molecule has 19 heavy (non-hydrogen) atoms. The van der Waals surface area contributed by atoms with Gasteiger partial charge >= 0.3 is 0 Å². The van der Waals surface area contributed by atoms with Gasteiger partial charge in [0.15, 0.2) is 0 Å². The van der Waals surface area contributed by atoms with E-state index in [9.17, 15) is 4.79 Å². The normalized spacial score (nSPS) is 12.4. The molecule has 0 fully saturated rings. The number of benzene rings is 1. The molecule has 1 amide bonds. The van der Waals surface area contributed by atoms with Crippen molar-refractivity contribution < 1.29 is 4.79 Å². The largest absolute Gasteiger partial charge is 0.355 e. The summed E-state index contributed by atoms with van der Waals surface area (Å²) in [4.78, 5) is 15.2. The van der Waals surface area contributed by atoms with Gasteiger partial charge in [0.2, 0.25) is 5.91 Å². The van der Waals surface area contributed by atoms with Gasteiger partial charge in [-0.2, -0.15) is 0 Å². The van der Waals surface area contributed by atoms with Crippen molar-refractivity contribution in [2.45, 2.75) is 29.9 Å². The van der Waals surface area contributed by atoms with E-state index in [4.69, 9.17) is 0 Å². The fourth-order valence-electron chi connectivity index (χ4n) is 1.67. The van der Waals surface area contributed by atoms with Crippen molar-refractivity contribution in [3.8, 4) is 0 Å². The van der Waals surface area contributed by atoms with Crippen LogP contribution in [0.1, 0.15) is 19.8 Å². The molecule has 0 aliphatic heterocycles. The minimum atomic E-state index is -0.0451. The summed E-state index contributed by atoms with van der Waals surface area (Å²) in [5.41, 5.74) is 0. The highest BCUT2D eigenvalue weighted by molar-refractivity contribution is 8.00. The molecule has 0 heterocycles. The summed E-state index contributed by atoms with van der Waals surface area (Å²) in [5.74, 6) is 0.124. The first-order chi connectivity index (χ1) is 9.09. The number of thioether (sulfide) groups is 1. The average Bonchev–Trinajstić information content (AvgIpc) is 2.38. The second kappa shape index (κ2) is 8.99. The molecule has 0 saturated carbocycles. The van der Waals surface area contributed by atoms with E-state index in [1.165, 1.54) is 0 Å². The fraction of sp³-hybridized carbons (Fsp3) is 0.533. The van der Waals surface area contributed by atoms with Crippen LogP contribution in [0.15, 0.2) is 35.2 Å². The molecule has 0 bridgehead atoms. The Kier molecular flexibility index (Phi) is 7.60. The maximum absolute atomic E-state index is 11.9. The van der Waals surface area contributed by atoms with Crippen LogP contribution in [0.3, 0.4) is 0 Å². The van der Waals surface area contributed by atoms with Gasteiger partial charge in [-0.05, 0) is 52.5 Å². The summed E-state index contributed by atoms with van der Waals surface area (Å²) in [6, 6.07) is 10.0. The van der Waals surface area contributed by atoms with Gasteiger partial charge in [0.1, 0.15) is 0 Å². The van der Waals surface area contributed by atoms with E-state index in [2.05, 4.69) is 24.3 Å². The third-order valence-corrected chi connectivity index (χ3v) is 3.87. The second-order valence-electron chi connectivity index (χ2n) is 4.87. The Morgan fingerprint density at radius 1 is 1.26 bits per heavy atom. The van der Waals surface area contributed by atoms with Crippen molar-refractivity contribution in [2.24, 2.45) is 0 Å². The van der Waals surface area contributed by atoms with Crippen LogP contribution in [0, 0.1) is 0 Å². The van der Waals surface area contributed by atoms with Crippen LogP contribution in [0.5, 0.6) is 0 Å². The van der Waals surface area contributed by atoms with Gasteiger partial charge in [0, 0.05) is 11.4 Å². The minimum absolute atomic E-state index is 0.0451. The lowest BCUT2D eigenvalue weighted by Crippen LogP contribution is -2.31. The number of nitrogens with zero attached hydrogens (tertiary/aromatic N) is 1. The zero-order valence-corrected chi connectivity index (χ0v) is 12.9. The van der Waals surface area contributed by atoms with Gasteiger partial charge in [-0.15, -0.1) is 11.8 Å². The molecule has 1 rings (SSSR count). The average molecular weight is 280 g/mol. The second-order valence-corrected chi connectivity index (χ2v) is 6.29. The van der Waals surface area contributed by atoms with Gasteiger partial charge in [0.25, 0.3) is 0 Å². The van der Waals surface area contributed by atoms with Crippen molar-refractivity contribution in [2.75, 3.05) is 27.2 Å². The molecular weight excluding hydrogens is 256 g/mol. The molecule has 0 spiro atoms. The lowest BCUT2D eigenvalue weighted by molar-refractivity contribution is -0.120. The molecule has 106 valence electrons. The third-order valence-electron chi connectivity index (χ3n) is 2.76. The van der Waals surface area contributed by atoms with Crippen LogP contribution in [-0.4, -0.2) is 43.2 Å². The van der Waals surface area contributed by atoms with Crippen molar-refractivity contribution in [1.82, 2.24) is 10.2 Å². The van der Waals surface area contributed by atoms with Gasteiger partial charge < -0.3 is 10.2 Å². The Bertz CT molecular complexity index is 368. The van der Waals surface area contributed by atoms with Gasteiger partial charge in [-0.1, -0.05) is 18.2 Å². The standard InChI is InChI=1S/C15H24N2OS/c1-13(19-14-9-5-4-6-10-14)15(18)16-11-7-8-12-17(2)3/h4-6,9-10,13H,7-8,11-12H2,1-3H3,(H,16,18). The molecule has 1 aromatic carbocycles. The molecule has 1 atom stereocenters. The van der Waals surface area contributed by atoms with E-state index >= 15 is 0 Å². The molecule has 0 aliphatic carbocycles. The van der Waals surface area contributed by atoms with E-state index < -0.39 is 0 Å². The molecular formula is C15H24N2OS. The first kappa shape index (κ1) is 16.1. The highest BCUT2D eigenvalue weighted by atomic mass is 32.2. The Hall–Kier alpha value is -1.00. The predicted molar refractivity (Wildman–Crippen MR) is 82.6 cm³/mol. The highest BCUT2D eigenvalue weighted by Crippen LogP contribution is 2.22. The van der Waals surface area contributed by atoms with Crippen molar-refractivity contribution in [3.63, 3.8) is 0 Å². The molecule has 0 saturated heterocycles. The van der Waals surface area contributed by atoms with Gasteiger partial charge in [-0.3, -0.25) is 4.79 Å². The Morgan fingerprint density at radius 3 is 2.58 bits per heavy atom. The number of nitrogens with one attached hydrogen (secondary N) is 1. The molecule has 3 nitrogen and oxygen atoms in total. The first-order valence-electron chi connectivity index (χ1n) is 6.73. The fourth-order valence-corrected chi connectivity index (χ4v) is 2.58. The quantitative estimate of drug-likeness (QED) is 0.587. The van der Waals surface area contributed by atoms with Crippen molar-refractivity contribution in [1.29, 1.82) is 0 Å². The summed E-state index contributed by atoms with van der Waals surface area (Å²) >= 11 is 1.60. The number of amides is 1. The Labute approximate surface area is 120 Å². The van der Waals surface area contributed by atoms with Crippen LogP contribution in [-0.2, 0) is 4.79 Å². The maximum Gasteiger partial charge on any atom is 0.233 e. The zero-order chi connectivity index (χ0) is 14.1. The van der Waals surface area contributed by atoms with Crippen LogP contribution in [0.4, 0.5) is 0 Å². The Morgan fingerprint density at radius 2 is 1.95 bits per heavy atom. The lowest BCUT2D eigenvalue weighted by Gasteiger charge is -2.13. The number of hydrogen-bond acceptors (Lipinski definition) is 3. The topological polar surface area (TPSA) is 32.3 Å². The SMILES string of the molecule is CC(Sc1ccccc1)C(=O)NCCCCN(C)C. The zero-order valence-electron chi connectivity index (χ0n) is 12.1. The van der Waals surface area contributed by atoms with Crippen molar-refractivity contribution >= 4 is 17.7 Å². The summed E-state index contributed by atoms with van der Waals surface area (Å²) < 4.78 is 0. The molecule has 4 heteroatoms. The van der Waals surface area contributed by atoms with Crippen LogP contribution < -0.4 is 5.32 Å². The predicted octanol–water partition coefficient (Wildman–Crippen LogP) is 2.63. The molecule has 0 radical (unpaired) electrons. The number of hydrogen-bond donors (Lipinski definition) is 1. The minimum Gasteiger partial charge on any atom is -0.355 e. The number of carbonyl (C=O) groups excluding carboxylic acids is 1. The smallest absolute Gasteiger partial charge is 0.233 e. The molecule has 0 aromatic heterocycles. The van der Waals surface area contributed by atoms with Gasteiger partial charge in [-0.25, -0.2) is 0 Å². The Balaban J connectivity index is 2.18. The van der Waals surface area contributed by atoms with E-state index in [1.807, 2.05) is 37.3 Å². The van der Waals surface area contributed by atoms with Crippen LogP contribution in [0.25, 0.3) is 0 Å². The van der Waals surface area contributed by atoms with Crippen molar-refractivity contribution in [3.05, 3.63) is 30.3 Å². The molecule has 1 aromatic rings. The maximum atomic E-state index is 11.9. The third kappa shape index (κ3) is 7.23. The summed E-state index contributed by atoms with van der Waals surface area (Å²) in [6.07, 6.45) is 2.15. The summed E-state index contributed by atoms with van der Waals surface area (Å²) in [5, 5.41) is 2.95. The van der Waals surface area contributed by atoms with E-state index in [0.29, 0.717) is 0 Å². The number of rotatable bonds is 8. The number of unbranched alkanes of at least 4 members (excludes halogenated alkanes) is 1.